The fourth-order valence-corrected chi connectivity index (χ4v) is 2.87. The number of amides is 1. The first-order valence-corrected chi connectivity index (χ1v) is 8.31. The Labute approximate surface area is 141 Å². The minimum absolute atomic E-state index is 0.0429. The van der Waals surface area contributed by atoms with Crippen LogP contribution in [0.3, 0.4) is 0 Å². The zero-order valence-corrected chi connectivity index (χ0v) is 13.8. The maximum Gasteiger partial charge on any atom is 0.410 e. The highest BCUT2D eigenvalue weighted by atomic mass is 16.6. The van der Waals surface area contributed by atoms with Crippen molar-refractivity contribution >= 4 is 6.09 Å². The number of carbonyl (C=O) groups excluding carboxylic acids is 1. The van der Waals surface area contributed by atoms with Gasteiger partial charge in [0.05, 0.1) is 26.9 Å². The smallest absolute Gasteiger partial charge is 0.410 e. The van der Waals surface area contributed by atoms with Gasteiger partial charge in [0.1, 0.15) is 12.2 Å². The molecular formula is C16H23N3O5. The lowest BCUT2D eigenvalue weighted by Gasteiger charge is -2.33. The van der Waals surface area contributed by atoms with E-state index in [1.807, 2.05) is 0 Å². The van der Waals surface area contributed by atoms with Crippen LogP contribution in [0.1, 0.15) is 25.7 Å². The van der Waals surface area contributed by atoms with Crippen LogP contribution in [0.2, 0.25) is 0 Å². The molecule has 2 fully saturated rings. The van der Waals surface area contributed by atoms with Crippen LogP contribution in [-0.4, -0.2) is 66.6 Å². The van der Waals surface area contributed by atoms with Crippen molar-refractivity contribution in [2.75, 3.05) is 33.4 Å². The number of piperidine rings is 1. The fourth-order valence-electron chi connectivity index (χ4n) is 2.87. The van der Waals surface area contributed by atoms with E-state index < -0.39 is 0 Å². The molecule has 0 aliphatic carbocycles. The standard InChI is InChI=1S/C16H23N3O5/c1-21-15-17-7-4-14(18-15)23-13-3-2-8-19(11-13)16(20)24-12-5-9-22-10-6-12/h4,7,12-13H,2-3,5-6,8-11H2,1H3. The van der Waals surface area contributed by atoms with Gasteiger partial charge < -0.3 is 23.8 Å². The Hall–Kier alpha value is -2.09. The van der Waals surface area contributed by atoms with Crippen LogP contribution in [0.5, 0.6) is 11.9 Å². The molecule has 1 aromatic heterocycles. The highest BCUT2D eigenvalue weighted by Crippen LogP contribution is 2.20. The third-order valence-electron chi connectivity index (χ3n) is 4.15. The van der Waals surface area contributed by atoms with Crippen LogP contribution in [-0.2, 0) is 9.47 Å². The van der Waals surface area contributed by atoms with Crippen molar-refractivity contribution in [1.82, 2.24) is 14.9 Å². The minimum atomic E-state index is -0.268. The van der Waals surface area contributed by atoms with Crippen molar-refractivity contribution in [3.8, 4) is 11.9 Å². The zero-order valence-electron chi connectivity index (χ0n) is 13.8. The Kier molecular flexibility index (Phi) is 5.68. The molecule has 2 aliphatic rings. The number of rotatable bonds is 4. The normalized spacial score (nSPS) is 22.0. The highest BCUT2D eigenvalue weighted by molar-refractivity contribution is 5.68. The third kappa shape index (κ3) is 4.47. The number of ether oxygens (including phenoxy) is 4. The van der Waals surface area contributed by atoms with Gasteiger partial charge in [-0.05, 0) is 12.8 Å². The molecule has 0 radical (unpaired) electrons. The summed E-state index contributed by atoms with van der Waals surface area (Å²) in [5.74, 6) is 0.450. The van der Waals surface area contributed by atoms with Crippen LogP contribution in [0, 0.1) is 0 Å². The van der Waals surface area contributed by atoms with E-state index in [0.29, 0.717) is 32.2 Å². The summed E-state index contributed by atoms with van der Waals surface area (Å²) >= 11 is 0. The van der Waals surface area contributed by atoms with Crippen molar-refractivity contribution < 1.29 is 23.7 Å². The molecule has 8 nitrogen and oxygen atoms in total. The molecule has 0 aromatic carbocycles. The van der Waals surface area contributed by atoms with E-state index in [1.165, 1.54) is 7.11 Å². The first-order valence-electron chi connectivity index (χ1n) is 8.31. The summed E-state index contributed by atoms with van der Waals surface area (Å²) in [7, 11) is 1.51. The average molecular weight is 337 g/mol. The summed E-state index contributed by atoms with van der Waals surface area (Å²) in [6.07, 6.45) is 4.43. The Morgan fingerprint density at radius 2 is 2.12 bits per heavy atom. The SMILES string of the molecule is COc1nccc(OC2CCCN(C(=O)OC3CCOCC3)C2)n1. The van der Waals surface area contributed by atoms with Gasteiger partial charge in [-0.25, -0.2) is 9.78 Å². The number of likely N-dealkylation sites (tertiary alicyclic amines) is 1. The average Bonchev–Trinajstić information content (AvgIpc) is 2.63. The largest absolute Gasteiger partial charge is 0.472 e. The van der Waals surface area contributed by atoms with Gasteiger partial charge in [0.25, 0.3) is 0 Å². The second-order valence-corrected chi connectivity index (χ2v) is 5.91. The monoisotopic (exact) mass is 337 g/mol. The Morgan fingerprint density at radius 1 is 1.29 bits per heavy atom. The molecule has 8 heteroatoms. The number of carbonyl (C=O) groups is 1. The summed E-state index contributed by atoms with van der Waals surface area (Å²) < 4.78 is 21.7. The molecule has 1 atom stereocenters. The van der Waals surface area contributed by atoms with Gasteiger partial charge in [0, 0.05) is 31.6 Å². The lowest BCUT2D eigenvalue weighted by Crippen LogP contribution is -2.46. The van der Waals surface area contributed by atoms with Gasteiger partial charge in [0.15, 0.2) is 0 Å². The zero-order chi connectivity index (χ0) is 16.8. The van der Waals surface area contributed by atoms with E-state index in [1.54, 1.807) is 17.2 Å². The Balaban J connectivity index is 1.52. The first kappa shape index (κ1) is 16.8. The molecule has 0 N–H and O–H groups in total. The summed E-state index contributed by atoms with van der Waals surface area (Å²) in [5, 5.41) is 0. The Morgan fingerprint density at radius 3 is 2.92 bits per heavy atom. The van der Waals surface area contributed by atoms with E-state index in [4.69, 9.17) is 18.9 Å². The van der Waals surface area contributed by atoms with Crippen LogP contribution >= 0.6 is 0 Å². The molecule has 1 aromatic rings. The van der Waals surface area contributed by atoms with Gasteiger partial charge >= 0.3 is 12.1 Å². The van der Waals surface area contributed by atoms with Crippen molar-refractivity contribution in [3.05, 3.63) is 12.3 Å². The van der Waals surface area contributed by atoms with Crippen LogP contribution in [0.15, 0.2) is 12.3 Å². The summed E-state index contributed by atoms with van der Waals surface area (Å²) in [5.41, 5.74) is 0. The van der Waals surface area contributed by atoms with Gasteiger partial charge in [-0.15, -0.1) is 0 Å². The second-order valence-electron chi connectivity index (χ2n) is 5.91. The lowest BCUT2D eigenvalue weighted by atomic mass is 10.1. The number of hydrogen-bond donors (Lipinski definition) is 0. The molecule has 132 valence electrons. The van der Waals surface area contributed by atoms with Gasteiger partial charge in [0.2, 0.25) is 5.88 Å². The summed E-state index contributed by atoms with van der Waals surface area (Å²) in [6, 6.07) is 1.95. The van der Waals surface area contributed by atoms with Crippen molar-refractivity contribution in [3.63, 3.8) is 0 Å². The topological polar surface area (TPSA) is 83.0 Å². The van der Waals surface area contributed by atoms with E-state index in [0.717, 1.165) is 25.7 Å². The molecule has 1 unspecified atom stereocenters. The first-order chi connectivity index (χ1) is 11.7. The summed E-state index contributed by atoms with van der Waals surface area (Å²) in [6.45, 7) is 2.49. The molecular weight excluding hydrogens is 314 g/mol. The third-order valence-corrected chi connectivity index (χ3v) is 4.15. The molecule has 0 saturated carbocycles. The molecule has 0 bridgehead atoms. The number of nitrogens with zero attached hydrogens (tertiary/aromatic N) is 3. The molecule has 3 heterocycles. The lowest BCUT2D eigenvalue weighted by molar-refractivity contribution is -0.0175. The van der Waals surface area contributed by atoms with Gasteiger partial charge in [-0.3, -0.25) is 0 Å². The van der Waals surface area contributed by atoms with Crippen LogP contribution in [0.4, 0.5) is 4.79 Å². The molecule has 3 rings (SSSR count). The summed E-state index contributed by atoms with van der Waals surface area (Å²) in [4.78, 5) is 22.1. The number of methoxy groups -OCH3 is 1. The van der Waals surface area contributed by atoms with Crippen molar-refractivity contribution in [2.24, 2.45) is 0 Å². The number of aromatic nitrogens is 2. The van der Waals surface area contributed by atoms with E-state index >= 15 is 0 Å². The van der Waals surface area contributed by atoms with Gasteiger partial charge in [-0.2, -0.15) is 4.98 Å². The van der Waals surface area contributed by atoms with E-state index in [-0.39, 0.29) is 24.3 Å². The van der Waals surface area contributed by atoms with Gasteiger partial charge in [-0.1, -0.05) is 0 Å². The maximum atomic E-state index is 12.3. The molecule has 0 spiro atoms. The molecule has 2 aliphatic heterocycles. The second kappa shape index (κ2) is 8.14. The van der Waals surface area contributed by atoms with Crippen LogP contribution in [0.25, 0.3) is 0 Å². The number of hydrogen-bond acceptors (Lipinski definition) is 7. The predicted octanol–water partition coefficient (Wildman–Crippen LogP) is 1.64. The molecule has 24 heavy (non-hydrogen) atoms. The minimum Gasteiger partial charge on any atom is -0.472 e. The fraction of sp³-hybridized carbons (Fsp3) is 0.688. The molecule has 1 amide bonds. The van der Waals surface area contributed by atoms with Crippen molar-refractivity contribution in [1.29, 1.82) is 0 Å². The molecule has 2 saturated heterocycles. The predicted molar refractivity (Wildman–Crippen MR) is 84.1 cm³/mol. The van der Waals surface area contributed by atoms with E-state index in [2.05, 4.69) is 9.97 Å². The maximum absolute atomic E-state index is 12.3. The van der Waals surface area contributed by atoms with E-state index in [9.17, 15) is 4.79 Å². The highest BCUT2D eigenvalue weighted by Gasteiger charge is 2.28. The van der Waals surface area contributed by atoms with Crippen LogP contribution < -0.4 is 9.47 Å². The quantitative estimate of drug-likeness (QED) is 0.826. The Bertz CT molecular complexity index is 550. The van der Waals surface area contributed by atoms with Crippen molar-refractivity contribution in [2.45, 2.75) is 37.9 Å².